The molecule has 2 rings (SSSR count). The first-order valence-electron chi connectivity index (χ1n) is 6.26. The van der Waals surface area contributed by atoms with Crippen LogP contribution >= 0.6 is 0 Å². The number of methoxy groups -OCH3 is 2. The maximum absolute atomic E-state index is 11.7. The fraction of sp³-hybridized carbons (Fsp3) is 0.500. The van der Waals surface area contributed by atoms with Crippen molar-refractivity contribution in [1.82, 2.24) is 5.32 Å². The van der Waals surface area contributed by atoms with Gasteiger partial charge in [-0.3, -0.25) is 0 Å². The quantitative estimate of drug-likeness (QED) is 0.815. The van der Waals surface area contributed by atoms with Gasteiger partial charge in [-0.15, -0.1) is 0 Å². The van der Waals surface area contributed by atoms with E-state index in [4.69, 9.17) is 9.47 Å². The standard InChI is InChI=1S/C14H19NO4/c1-14(5-4-6-15-14)10-7-9(13(17)19-3)8-11(18-2)12(10)16/h7-8,15-16H,4-6H2,1-3H3. The second kappa shape index (κ2) is 5.09. The fourth-order valence-electron chi connectivity index (χ4n) is 2.54. The Kier molecular flexibility index (Phi) is 3.66. The molecule has 0 spiro atoms. The third kappa shape index (κ3) is 2.38. The van der Waals surface area contributed by atoms with Crippen LogP contribution < -0.4 is 10.1 Å². The number of carbonyl (C=O) groups is 1. The number of phenolic OH excluding ortho intramolecular Hbond substituents is 1. The lowest BCUT2D eigenvalue weighted by atomic mass is 9.88. The zero-order valence-electron chi connectivity index (χ0n) is 11.4. The Hall–Kier alpha value is -1.75. The van der Waals surface area contributed by atoms with Crippen LogP contribution in [0, 0.1) is 0 Å². The summed E-state index contributed by atoms with van der Waals surface area (Å²) in [5.41, 5.74) is 0.702. The highest BCUT2D eigenvalue weighted by Gasteiger charge is 2.34. The summed E-state index contributed by atoms with van der Waals surface area (Å²) in [6.45, 7) is 2.90. The molecule has 5 nitrogen and oxygen atoms in total. The van der Waals surface area contributed by atoms with E-state index in [1.165, 1.54) is 20.3 Å². The van der Waals surface area contributed by atoms with Crippen LogP contribution in [0.4, 0.5) is 0 Å². The van der Waals surface area contributed by atoms with Crippen LogP contribution in [0.15, 0.2) is 12.1 Å². The van der Waals surface area contributed by atoms with Gasteiger partial charge in [-0.25, -0.2) is 4.79 Å². The summed E-state index contributed by atoms with van der Waals surface area (Å²) < 4.78 is 9.87. The van der Waals surface area contributed by atoms with Crippen LogP contribution in [0.5, 0.6) is 11.5 Å². The summed E-state index contributed by atoms with van der Waals surface area (Å²) in [5.74, 6) is -0.0824. The van der Waals surface area contributed by atoms with Gasteiger partial charge in [0.05, 0.1) is 19.8 Å². The lowest BCUT2D eigenvalue weighted by Gasteiger charge is -2.27. The van der Waals surface area contributed by atoms with Gasteiger partial charge in [0.2, 0.25) is 0 Å². The van der Waals surface area contributed by atoms with Gasteiger partial charge in [0.25, 0.3) is 0 Å². The van der Waals surface area contributed by atoms with Crippen LogP contribution in [0.2, 0.25) is 0 Å². The van der Waals surface area contributed by atoms with Gasteiger partial charge in [0.15, 0.2) is 11.5 Å². The summed E-state index contributed by atoms with van der Waals surface area (Å²) in [6.07, 6.45) is 1.93. The average molecular weight is 265 g/mol. The number of ether oxygens (including phenoxy) is 2. The van der Waals surface area contributed by atoms with E-state index in [-0.39, 0.29) is 17.0 Å². The Labute approximate surface area is 112 Å². The third-order valence-electron chi connectivity index (χ3n) is 3.68. The van der Waals surface area contributed by atoms with Crippen LogP contribution in [0.1, 0.15) is 35.7 Å². The predicted molar refractivity (Wildman–Crippen MR) is 70.6 cm³/mol. The van der Waals surface area contributed by atoms with Crippen molar-refractivity contribution in [2.24, 2.45) is 0 Å². The Balaban J connectivity index is 2.55. The van der Waals surface area contributed by atoms with Gasteiger partial charge >= 0.3 is 5.97 Å². The maximum atomic E-state index is 11.7. The highest BCUT2D eigenvalue weighted by atomic mass is 16.5. The molecule has 19 heavy (non-hydrogen) atoms. The zero-order chi connectivity index (χ0) is 14.0. The lowest BCUT2D eigenvalue weighted by molar-refractivity contribution is 0.0600. The number of rotatable bonds is 3. The summed E-state index contributed by atoms with van der Waals surface area (Å²) in [4.78, 5) is 11.7. The van der Waals surface area contributed by atoms with E-state index in [2.05, 4.69) is 5.32 Å². The molecule has 5 heteroatoms. The number of hydrogen-bond donors (Lipinski definition) is 2. The number of hydrogen-bond acceptors (Lipinski definition) is 5. The molecular formula is C14H19NO4. The number of carbonyl (C=O) groups excluding carboxylic acids is 1. The number of nitrogens with one attached hydrogen (secondary N) is 1. The average Bonchev–Trinajstić information content (AvgIpc) is 2.86. The molecule has 1 aromatic carbocycles. The summed E-state index contributed by atoms with van der Waals surface area (Å²) >= 11 is 0. The van der Waals surface area contributed by atoms with Crippen LogP contribution in [-0.4, -0.2) is 31.8 Å². The van der Waals surface area contributed by atoms with E-state index in [0.717, 1.165) is 19.4 Å². The molecule has 1 aliphatic heterocycles. The molecule has 0 bridgehead atoms. The predicted octanol–water partition coefficient (Wildman–Crippen LogP) is 1.79. The molecule has 1 unspecified atom stereocenters. The first-order valence-corrected chi connectivity index (χ1v) is 6.26. The normalized spacial score (nSPS) is 22.3. The molecule has 1 heterocycles. The van der Waals surface area contributed by atoms with Crippen molar-refractivity contribution < 1.29 is 19.4 Å². The molecule has 0 amide bonds. The van der Waals surface area contributed by atoms with Gasteiger partial charge in [-0.05, 0) is 38.4 Å². The molecule has 1 aliphatic rings. The van der Waals surface area contributed by atoms with E-state index >= 15 is 0 Å². The second-order valence-electron chi connectivity index (χ2n) is 4.93. The Morgan fingerprint density at radius 2 is 2.16 bits per heavy atom. The van der Waals surface area contributed by atoms with Crippen molar-refractivity contribution in [3.05, 3.63) is 23.3 Å². The number of esters is 1. The monoisotopic (exact) mass is 265 g/mol. The van der Waals surface area contributed by atoms with E-state index in [0.29, 0.717) is 11.1 Å². The van der Waals surface area contributed by atoms with Gasteiger partial charge in [0.1, 0.15) is 0 Å². The third-order valence-corrected chi connectivity index (χ3v) is 3.68. The van der Waals surface area contributed by atoms with Crippen molar-refractivity contribution >= 4 is 5.97 Å². The Bertz CT molecular complexity index is 492. The van der Waals surface area contributed by atoms with Crippen molar-refractivity contribution in [1.29, 1.82) is 0 Å². The molecule has 1 aromatic rings. The van der Waals surface area contributed by atoms with Gasteiger partial charge in [-0.1, -0.05) is 0 Å². The highest BCUT2D eigenvalue weighted by Crippen LogP contribution is 2.41. The summed E-state index contributed by atoms with van der Waals surface area (Å²) in [6, 6.07) is 3.16. The Morgan fingerprint density at radius 3 is 2.68 bits per heavy atom. The van der Waals surface area contributed by atoms with Crippen molar-refractivity contribution in [3.8, 4) is 11.5 Å². The molecule has 0 aliphatic carbocycles. The SMILES string of the molecule is COC(=O)c1cc(OC)c(O)c(C2(C)CCCN2)c1. The zero-order valence-corrected chi connectivity index (χ0v) is 11.4. The van der Waals surface area contributed by atoms with Gasteiger partial charge in [0, 0.05) is 11.1 Å². The molecular weight excluding hydrogens is 246 g/mol. The lowest BCUT2D eigenvalue weighted by Crippen LogP contribution is -2.33. The van der Waals surface area contributed by atoms with Crippen molar-refractivity contribution in [2.75, 3.05) is 20.8 Å². The molecule has 0 saturated carbocycles. The summed E-state index contributed by atoms with van der Waals surface area (Å²) in [7, 11) is 2.79. The highest BCUT2D eigenvalue weighted by molar-refractivity contribution is 5.90. The molecule has 104 valence electrons. The minimum absolute atomic E-state index is 0.0760. The molecule has 1 fully saturated rings. The number of phenols is 1. The first-order chi connectivity index (χ1) is 9.01. The fourth-order valence-corrected chi connectivity index (χ4v) is 2.54. The van der Waals surface area contributed by atoms with E-state index in [1.54, 1.807) is 6.07 Å². The number of benzene rings is 1. The van der Waals surface area contributed by atoms with E-state index in [1.807, 2.05) is 6.92 Å². The van der Waals surface area contributed by atoms with E-state index in [9.17, 15) is 9.90 Å². The van der Waals surface area contributed by atoms with E-state index < -0.39 is 5.97 Å². The van der Waals surface area contributed by atoms with Gasteiger partial charge < -0.3 is 19.9 Å². The second-order valence-corrected chi connectivity index (χ2v) is 4.93. The van der Waals surface area contributed by atoms with Gasteiger partial charge in [-0.2, -0.15) is 0 Å². The molecule has 0 radical (unpaired) electrons. The van der Waals surface area contributed by atoms with Crippen LogP contribution in [-0.2, 0) is 10.3 Å². The molecule has 0 aromatic heterocycles. The minimum Gasteiger partial charge on any atom is -0.504 e. The van der Waals surface area contributed by atoms with Crippen molar-refractivity contribution in [2.45, 2.75) is 25.3 Å². The van der Waals surface area contributed by atoms with Crippen LogP contribution in [0.3, 0.4) is 0 Å². The number of aromatic hydroxyl groups is 1. The Morgan fingerprint density at radius 1 is 1.42 bits per heavy atom. The minimum atomic E-state index is -0.443. The molecule has 1 atom stereocenters. The van der Waals surface area contributed by atoms with Crippen molar-refractivity contribution in [3.63, 3.8) is 0 Å². The van der Waals surface area contributed by atoms with Crippen LogP contribution in [0.25, 0.3) is 0 Å². The maximum Gasteiger partial charge on any atom is 0.337 e. The summed E-state index contributed by atoms with van der Waals surface area (Å²) in [5, 5.41) is 13.6. The molecule has 2 N–H and O–H groups in total. The molecule has 1 saturated heterocycles. The topological polar surface area (TPSA) is 67.8 Å². The largest absolute Gasteiger partial charge is 0.504 e. The first kappa shape index (κ1) is 13.7. The smallest absolute Gasteiger partial charge is 0.337 e.